The zero-order chi connectivity index (χ0) is 15.5. The largest absolute Gasteiger partial charge is 0.488 e. The van der Waals surface area contributed by atoms with Crippen molar-refractivity contribution in [2.75, 3.05) is 12.3 Å². The van der Waals surface area contributed by atoms with Gasteiger partial charge < -0.3 is 4.74 Å². The number of benzene rings is 2. The van der Waals surface area contributed by atoms with Crippen LogP contribution in [0.15, 0.2) is 45.9 Å². The van der Waals surface area contributed by atoms with Crippen LogP contribution in [-0.4, -0.2) is 17.3 Å². The zero-order valence-corrected chi connectivity index (χ0v) is 14.6. The van der Waals surface area contributed by atoms with Gasteiger partial charge in [0.15, 0.2) is 0 Å². The highest BCUT2D eigenvalue weighted by molar-refractivity contribution is 9.10. The Labute approximate surface area is 145 Å². The van der Waals surface area contributed by atoms with Crippen LogP contribution in [0.4, 0.5) is 4.39 Å². The van der Waals surface area contributed by atoms with Crippen LogP contribution in [0.2, 0.25) is 5.02 Å². The standard InChI is InChI=1S/C16H12BrClFNOS/c17-12-8-10(16-20-6-7-22-16)4-5-15(12)21-9-11-13(18)2-1-3-14(11)19/h1-5,8H,6-7,9H2. The molecule has 2 aromatic carbocycles. The predicted molar refractivity (Wildman–Crippen MR) is 93.7 cm³/mol. The van der Waals surface area contributed by atoms with E-state index in [2.05, 4.69) is 20.9 Å². The Balaban J connectivity index is 1.76. The molecule has 0 saturated heterocycles. The lowest BCUT2D eigenvalue weighted by atomic mass is 10.2. The molecule has 0 atom stereocenters. The predicted octanol–water partition coefficient (Wildman–Crippen LogP) is 5.31. The summed E-state index contributed by atoms with van der Waals surface area (Å²) in [6.45, 7) is 0.945. The number of halogens is 3. The normalized spacial score (nSPS) is 14.0. The summed E-state index contributed by atoms with van der Waals surface area (Å²) in [7, 11) is 0. The van der Waals surface area contributed by atoms with Gasteiger partial charge in [-0.15, -0.1) is 11.8 Å². The minimum absolute atomic E-state index is 0.0825. The van der Waals surface area contributed by atoms with Gasteiger partial charge in [0.2, 0.25) is 0 Å². The number of hydrogen-bond acceptors (Lipinski definition) is 3. The van der Waals surface area contributed by atoms with Crippen LogP contribution < -0.4 is 4.74 Å². The number of hydrogen-bond donors (Lipinski definition) is 0. The molecule has 0 bridgehead atoms. The Kier molecular flexibility index (Phi) is 5.06. The third-order valence-electron chi connectivity index (χ3n) is 3.20. The van der Waals surface area contributed by atoms with Crippen molar-refractivity contribution in [1.29, 1.82) is 0 Å². The van der Waals surface area contributed by atoms with E-state index in [1.807, 2.05) is 18.2 Å². The Morgan fingerprint density at radius 2 is 2.18 bits per heavy atom. The van der Waals surface area contributed by atoms with Crippen LogP contribution in [-0.2, 0) is 6.61 Å². The molecule has 2 aromatic rings. The van der Waals surface area contributed by atoms with Gasteiger partial charge in [0.05, 0.1) is 14.5 Å². The fraction of sp³-hybridized carbons (Fsp3) is 0.188. The molecule has 0 fully saturated rings. The van der Waals surface area contributed by atoms with Crippen LogP contribution in [0, 0.1) is 5.82 Å². The summed E-state index contributed by atoms with van der Waals surface area (Å²) < 4.78 is 20.2. The molecule has 22 heavy (non-hydrogen) atoms. The second-order valence-electron chi connectivity index (χ2n) is 4.67. The summed E-state index contributed by atoms with van der Waals surface area (Å²) in [5.41, 5.74) is 1.42. The van der Waals surface area contributed by atoms with E-state index in [0.29, 0.717) is 16.3 Å². The molecule has 0 radical (unpaired) electrons. The minimum atomic E-state index is -0.364. The molecule has 0 saturated carbocycles. The van der Waals surface area contributed by atoms with E-state index in [9.17, 15) is 4.39 Å². The van der Waals surface area contributed by atoms with Gasteiger partial charge in [-0.3, -0.25) is 4.99 Å². The lowest BCUT2D eigenvalue weighted by Crippen LogP contribution is -2.01. The maximum Gasteiger partial charge on any atom is 0.134 e. The van der Waals surface area contributed by atoms with E-state index in [0.717, 1.165) is 27.4 Å². The smallest absolute Gasteiger partial charge is 0.134 e. The lowest BCUT2D eigenvalue weighted by molar-refractivity contribution is 0.298. The number of aliphatic imine (C=N–C) groups is 1. The van der Waals surface area contributed by atoms with Crippen molar-refractivity contribution < 1.29 is 9.13 Å². The second-order valence-corrected chi connectivity index (χ2v) is 7.01. The summed E-state index contributed by atoms with van der Waals surface area (Å²) in [6.07, 6.45) is 0. The molecule has 0 unspecified atom stereocenters. The van der Waals surface area contributed by atoms with Crippen LogP contribution >= 0.6 is 39.3 Å². The fourth-order valence-electron chi connectivity index (χ4n) is 2.08. The third-order valence-corrected chi connectivity index (χ3v) is 5.20. The van der Waals surface area contributed by atoms with Crippen molar-refractivity contribution in [2.45, 2.75) is 6.61 Å². The monoisotopic (exact) mass is 399 g/mol. The first-order valence-corrected chi connectivity index (χ1v) is 8.83. The molecular formula is C16H12BrClFNOS. The molecule has 6 heteroatoms. The summed E-state index contributed by atoms with van der Waals surface area (Å²) >= 11 is 11.2. The van der Waals surface area contributed by atoms with Gasteiger partial charge in [-0.25, -0.2) is 4.39 Å². The highest BCUT2D eigenvalue weighted by atomic mass is 79.9. The summed E-state index contributed by atoms with van der Waals surface area (Å²) in [5.74, 6) is 1.31. The molecule has 3 rings (SSSR count). The molecular weight excluding hydrogens is 389 g/mol. The van der Waals surface area contributed by atoms with E-state index in [-0.39, 0.29) is 12.4 Å². The highest BCUT2D eigenvalue weighted by Crippen LogP contribution is 2.30. The van der Waals surface area contributed by atoms with Crippen LogP contribution in [0.5, 0.6) is 5.75 Å². The van der Waals surface area contributed by atoms with E-state index in [4.69, 9.17) is 16.3 Å². The number of thioether (sulfide) groups is 1. The quantitative estimate of drug-likeness (QED) is 0.693. The second kappa shape index (κ2) is 7.02. The molecule has 1 aliphatic heterocycles. The van der Waals surface area contributed by atoms with Crippen molar-refractivity contribution >= 4 is 44.3 Å². The van der Waals surface area contributed by atoms with Crippen molar-refractivity contribution in [3.63, 3.8) is 0 Å². The molecule has 2 nitrogen and oxygen atoms in total. The highest BCUT2D eigenvalue weighted by Gasteiger charge is 2.13. The van der Waals surface area contributed by atoms with E-state index in [1.54, 1.807) is 23.9 Å². The first-order chi connectivity index (χ1) is 10.6. The van der Waals surface area contributed by atoms with Crippen LogP contribution in [0.25, 0.3) is 0 Å². The van der Waals surface area contributed by atoms with Crippen LogP contribution in [0.3, 0.4) is 0 Å². The van der Waals surface area contributed by atoms with Gasteiger partial charge in [0.1, 0.15) is 18.2 Å². The zero-order valence-electron chi connectivity index (χ0n) is 11.5. The summed E-state index contributed by atoms with van der Waals surface area (Å²) in [4.78, 5) is 4.44. The summed E-state index contributed by atoms with van der Waals surface area (Å²) in [6, 6.07) is 10.4. The number of rotatable bonds is 4. The van der Waals surface area contributed by atoms with Crippen molar-refractivity contribution in [1.82, 2.24) is 0 Å². The maximum atomic E-state index is 13.7. The first-order valence-electron chi connectivity index (χ1n) is 6.68. The van der Waals surface area contributed by atoms with E-state index < -0.39 is 0 Å². The molecule has 114 valence electrons. The van der Waals surface area contributed by atoms with E-state index >= 15 is 0 Å². The molecule has 0 aliphatic carbocycles. The Morgan fingerprint density at radius 1 is 1.32 bits per heavy atom. The first kappa shape index (κ1) is 15.8. The van der Waals surface area contributed by atoms with Crippen molar-refractivity contribution in [3.8, 4) is 5.75 Å². The molecule has 1 heterocycles. The SMILES string of the molecule is Fc1cccc(Cl)c1COc1ccc(C2=NCCS2)cc1Br. The van der Waals surface area contributed by atoms with Gasteiger partial charge in [-0.05, 0) is 46.3 Å². The third kappa shape index (κ3) is 3.47. The molecule has 0 N–H and O–H groups in total. The van der Waals surface area contributed by atoms with Gasteiger partial charge in [-0.2, -0.15) is 0 Å². The Hall–Kier alpha value is -1.04. The number of nitrogens with zero attached hydrogens (tertiary/aromatic N) is 1. The van der Waals surface area contributed by atoms with Crippen molar-refractivity contribution in [3.05, 3.63) is 62.8 Å². The molecule has 0 aromatic heterocycles. The topological polar surface area (TPSA) is 21.6 Å². The average Bonchev–Trinajstić information content (AvgIpc) is 3.02. The lowest BCUT2D eigenvalue weighted by Gasteiger charge is -2.11. The van der Waals surface area contributed by atoms with Gasteiger partial charge in [0, 0.05) is 23.4 Å². The Morgan fingerprint density at radius 3 is 2.86 bits per heavy atom. The molecule has 0 amide bonds. The minimum Gasteiger partial charge on any atom is -0.488 e. The number of ether oxygens (including phenoxy) is 1. The Bertz CT molecular complexity index is 718. The van der Waals surface area contributed by atoms with E-state index in [1.165, 1.54) is 6.07 Å². The van der Waals surface area contributed by atoms with Gasteiger partial charge in [-0.1, -0.05) is 17.7 Å². The fourth-order valence-corrected chi connectivity index (χ4v) is 3.64. The maximum absolute atomic E-state index is 13.7. The van der Waals surface area contributed by atoms with Crippen molar-refractivity contribution in [2.24, 2.45) is 4.99 Å². The molecule has 0 spiro atoms. The average molecular weight is 401 g/mol. The van der Waals surface area contributed by atoms with Gasteiger partial charge >= 0.3 is 0 Å². The molecule has 1 aliphatic rings. The van der Waals surface area contributed by atoms with Crippen LogP contribution in [0.1, 0.15) is 11.1 Å². The van der Waals surface area contributed by atoms with Gasteiger partial charge in [0.25, 0.3) is 0 Å². The summed E-state index contributed by atoms with van der Waals surface area (Å²) in [5, 5.41) is 1.41.